The van der Waals surface area contributed by atoms with Crippen molar-refractivity contribution in [2.75, 3.05) is 13.1 Å². The van der Waals surface area contributed by atoms with Crippen molar-refractivity contribution in [3.8, 4) is 0 Å². The van der Waals surface area contributed by atoms with Crippen LogP contribution in [-0.2, 0) is 13.1 Å². The van der Waals surface area contributed by atoms with Crippen LogP contribution in [0.25, 0.3) is 5.65 Å². The topological polar surface area (TPSA) is 84.5 Å². The highest BCUT2D eigenvalue weighted by molar-refractivity contribution is 6.30. The molecular weight excluding hydrogens is 356 g/mol. The van der Waals surface area contributed by atoms with Crippen molar-refractivity contribution in [2.45, 2.75) is 20.0 Å². The summed E-state index contributed by atoms with van der Waals surface area (Å²) in [7, 11) is 0. The third kappa shape index (κ3) is 2.82. The first-order chi connectivity index (χ1) is 12.6. The van der Waals surface area contributed by atoms with Gasteiger partial charge in [0.05, 0.1) is 17.8 Å². The molecule has 9 heteroatoms. The van der Waals surface area contributed by atoms with Gasteiger partial charge < -0.3 is 14.8 Å². The van der Waals surface area contributed by atoms with Crippen LogP contribution in [0.5, 0.6) is 0 Å². The predicted molar refractivity (Wildman–Crippen MR) is 95.2 cm³/mol. The second-order valence-corrected chi connectivity index (χ2v) is 6.49. The van der Waals surface area contributed by atoms with Crippen molar-refractivity contribution in [1.82, 2.24) is 29.4 Å². The largest absolute Gasteiger partial charge is 0.351 e. The molecule has 0 bridgehead atoms. The summed E-state index contributed by atoms with van der Waals surface area (Å²) in [6, 6.07) is 5.33. The smallest absolute Gasteiger partial charge is 0.274 e. The monoisotopic (exact) mass is 372 g/mol. The Morgan fingerprint density at radius 1 is 1.31 bits per heavy atom. The maximum absolute atomic E-state index is 12.8. The fourth-order valence-corrected chi connectivity index (χ4v) is 3.29. The number of carbonyl (C=O) groups excluding carboxylic acids is 2. The minimum absolute atomic E-state index is 0.0955. The molecule has 0 spiro atoms. The maximum atomic E-state index is 12.8. The quantitative estimate of drug-likeness (QED) is 0.756. The number of nitrogens with zero attached hydrogens (tertiary/aromatic N) is 5. The van der Waals surface area contributed by atoms with E-state index in [1.807, 2.05) is 17.6 Å². The third-order valence-electron chi connectivity index (χ3n) is 4.38. The number of amides is 2. The summed E-state index contributed by atoms with van der Waals surface area (Å²) in [5, 5.41) is 7.53. The highest BCUT2D eigenvalue weighted by Gasteiger charge is 2.26. The summed E-state index contributed by atoms with van der Waals surface area (Å²) in [5.74, 6) is -0.263. The highest BCUT2D eigenvalue weighted by Crippen LogP contribution is 2.19. The average molecular weight is 373 g/mol. The summed E-state index contributed by atoms with van der Waals surface area (Å²) in [6.07, 6.45) is 3.13. The van der Waals surface area contributed by atoms with Gasteiger partial charge in [-0.2, -0.15) is 5.10 Å². The van der Waals surface area contributed by atoms with Gasteiger partial charge in [0, 0.05) is 37.6 Å². The van der Waals surface area contributed by atoms with Crippen molar-refractivity contribution >= 4 is 29.1 Å². The van der Waals surface area contributed by atoms with Gasteiger partial charge in [-0.3, -0.25) is 9.59 Å². The minimum atomic E-state index is -0.168. The van der Waals surface area contributed by atoms with Crippen LogP contribution in [0.3, 0.4) is 0 Å². The van der Waals surface area contributed by atoms with Crippen LogP contribution < -0.4 is 5.32 Å². The highest BCUT2D eigenvalue weighted by atomic mass is 35.5. The number of nitrogens with one attached hydrogen (secondary N) is 1. The Kier molecular flexibility index (Phi) is 4.12. The van der Waals surface area contributed by atoms with Gasteiger partial charge in [0.1, 0.15) is 5.69 Å². The number of fused-ring (bicyclic) bond motifs is 2. The Morgan fingerprint density at radius 2 is 2.15 bits per heavy atom. The number of hydrogen-bond acceptors (Lipinski definition) is 4. The predicted octanol–water partition coefficient (Wildman–Crippen LogP) is 1.59. The Bertz CT molecular complexity index is 1010. The molecule has 0 unspecified atom stereocenters. The molecule has 0 radical (unpaired) electrons. The van der Waals surface area contributed by atoms with Crippen molar-refractivity contribution in [1.29, 1.82) is 0 Å². The zero-order valence-corrected chi connectivity index (χ0v) is 14.9. The summed E-state index contributed by atoms with van der Waals surface area (Å²) in [6.45, 7) is 3.97. The lowest BCUT2D eigenvalue weighted by molar-refractivity contribution is 0.0703. The first-order valence-electron chi connectivity index (χ1n) is 8.33. The zero-order chi connectivity index (χ0) is 18.3. The van der Waals surface area contributed by atoms with Crippen LogP contribution in [0, 0.1) is 0 Å². The molecule has 134 valence electrons. The van der Waals surface area contributed by atoms with E-state index in [9.17, 15) is 9.59 Å². The molecule has 26 heavy (non-hydrogen) atoms. The SMILES string of the molecule is CCNC(=O)c1ccc2n1CCN(C(=O)c1cc3ncc(Cl)cn3n1)C2. The molecule has 1 aliphatic rings. The van der Waals surface area contributed by atoms with Crippen molar-refractivity contribution in [3.63, 3.8) is 0 Å². The molecule has 0 saturated carbocycles. The molecule has 1 N–H and O–H groups in total. The van der Waals surface area contributed by atoms with Crippen LogP contribution in [0.1, 0.15) is 33.6 Å². The van der Waals surface area contributed by atoms with Gasteiger partial charge in [0.2, 0.25) is 0 Å². The molecule has 0 aliphatic carbocycles. The van der Waals surface area contributed by atoms with Crippen LogP contribution >= 0.6 is 11.6 Å². The van der Waals surface area contributed by atoms with E-state index < -0.39 is 0 Å². The molecule has 8 nitrogen and oxygen atoms in total. The normalized spacial score (nSPS) is 13.7. The van der Waals surface area contributed by atoms with Gasteiger partial charge in [0.15, 0.2) is 11.3 Å². The zero-order valence-electron chi connectivity index (χ0n) is 14.1. The van der Waals surface area contributed by atoms with E-state index >= 15 is 0 Å². The summed E-state index contributed by atoms with van der Waals surface area (Å²) in [5.41, 5.74) is 2.44. The lowest BCUT2D eigenvalue weighted by Gasteiger charge is -2.29. The lowest BCUT2D eigenvalue weighted by atomic mass is 10.2. The Balaban J connectivity index is 1.56. The van der Waals surface area contributed by atoms with Gasteiger partial charge in [-0.05, 0) is 19.1 Å². The van der Waals surface area contributed by atoms with E-state index in [-0.39, 0.29) is 11.8 Å². The third-order valence-corrected chi connectivity index (χ3v) is 4.57. The second kappa shape index (κ2) is 6.45. The van der Waals surface area contributed by atoms with Gasteiger partial charge in [-0.1, -0.05) is 11.6 Å². The van der Waals surface area contributed by atoms with E-state index in [2.05, 4.69) is 15.4 Å². The Labute approximate surface area is 154 Å². The molecule has 3 aromatic heterocycles. The van der Waals surface area contributed by atoms with E-state index in [1.54, 1.807) is 23.2 Å². The molecule has 2 amide bonds. The van der Waals surface area contributed by atoms with Gasteiger partial charge in [0.25, 0.3) is 11.8 Å². The maximum Gasteiger partial charge on any atom is 0.274 e. The fraction of sp³-hybridized carbons (Fsp3) is 0.294. The van der Waals surface area contributed by atoms with Crippen molar-refractivity contribution in [3.05, 3.63) is 52.7 Å². The summed E-state index contributed by atoms with van der Waals surface area (Å²) < 4.78 is 3.45. The first-order valence-corrected chi connectivity index (χ1v) is 8.71. The van der Waals surface area contributed by atoms with E-state index in [4.69, 9.17) is 11.6 Å². The fourth-order valence-electron chi connectivity index (χ4n) is 3.15. The average Bonchev–Trinajstić information content (AvgIpc) is 3.24. The summed E-state index contributed by atoms with van der Waals surface area (Å²) >= 11 is 5.91. The molecule has 4 rings (SSSR count). The van der Waals surface area contributed by atoms with Crippen LogP contribution in [0.15, 0.2) is 30.6 Å². The minimum Gasteiger partial charge on any atom is -0.351 e. The first kappa shape index (κ1) is 16.6. The van der Waals surface area contributed by atoms with E-state index in [0.717, 1.165) is 5.69 Å². The molecule has 0 aromatic carbocycles. The summed E-state index contributed by atoms with van der Waals surface area (Å²) in [4.78, 5) is 30.8. The van der Waals surface area contributed by atoms with Crippen LogP contribution in [0.4, 0.5) is 0 Å². The number of aromatic nitrogens is 4. The second-order valence-electron chi connectivity index (χ2n) is 6.05. The molecule has 0 fully saturated rings. The van der Waals surface area contributed by atoms with Crippen LogP contribution in [-0.4, -0.2) is 49.0 Å². The molecule has 4 heterocycles. The number of hydrogen-bond donors (Lipinski definition) is 1. The molecular formula is C17H17ClN6O2. The molecule has 1 aliphatic heterocycles. The lowest BCUT2D eigenvalue weighted by Crippen LogP contribution is -2.39. The number of carbonyl (C=O) groups is 2. The van der Waals surface area contributed by atoms with Crippen LogP contribution in [0.2, 0.25) is 5.02 Å². The van der Waals surface area contributed by atoms with Gasteiger partial charge in [-0.15, -0.1) is 0 Å². The molecule has 0 saturated heterocycles. The van der Waals surface area contributed by atoms with Crippen molar-refractivity contribution in [2.24, 2.45) is 0 Å². The van der Waals surface area contributed by atoms with Gasteiger partial charge >= 0.3 is 0 Å². The Hall–Kier alpha value is -2.87. The molecule has 3 aromatic rings. The molecule has 0 atom stereocenters. The number of halogens is 1. The van der Waals surface area contributed by atoms with E-state index in [1.165, 1.54) is 10.7 Å². The van der Waals surface area contributed by atoms with Crippen molar-refractivity contribution < 1.29 is 9.59 Å². The standard InChI is InChI=1S/C17H17ClN6O2/c1-2-19-16(25)14-4-3-12-10-22(5-6-23(12)14)17(26)13-7-15-20-8-11(18)9-24(15)21-13/h3-4,7-9H,2,5-6,10H2,1H3,(H,19,25). The number of rotatable bonds is 3. The van der Waals surface area contributed by atoms with E-state index in [0.29, 0.717) is 48.2 Å². The van der Waals surface area contributed by atoms with Gasteiger partial charge in [-0.25, -0.2) is 9.50 Å². The Morgan fingerprint density at radius 3 is 2.96 bits per heavy atom.